The quantitative estimate of drug-likeness (QED) is 0.361. The Kier molecular flexibility index (Phi) is 9.15. The van der Waals surface area contributed by atoms with Gasteiger partial charge in [-0.05, 0) is 48.7 Å². The standard InChI is InChI=1S/C31H34Cl2N8O4/c1-45-31(44)38-12-13-39-22-7-5-6-20(14-22)25(8-3-2-4-11-34-30(43)27(39)17-38)40-19-35-24(16-29(40)42)23-15-21(32)9-10-26(23)41-18-28(33)36-37-41/h5-7,9-10,14-16,18-19,25,27,36-37H,2-4,8,11-13,17H2,1H3,(H,34,43)/t25-,27+/m0/s1. The maximum atomic E-state index is 13.8. The molecule has 0 spiro atoms. The first-order chi connectivity index (χ1) is 21.8. The van der Waals surface area contributed by atoms with Gasteiger partial charge >= 0.3 is 6.09 Å². The maximum absolute atomic E-state index is 13.8. The molecule has 236 valence electrons. The minimum atomic E-state index is -0.576. The summed E-state index contributed by atoms with van der Waals surface area (Å²) in [5, 5.41) is 5.67. The number of hydrogen-bond donors (Lipinski definition) is 3. The SMILES string of the molecule is COC(=O)N1CCN2c3cccc(c3)[C@@H](n3cnc(-c4cc(Cl)ccc4N4C=C(Cl)NN4)cc3=O)CCCCCNC(=O)[C@H]2C1. The number of hydrogen-bond acceptors (Lipinski definition) is 9. The van der Waals surface area contributed by atoms with E-state index in [1.807, 2.05) is 35.2 Å². The highest BCUT2D eigenvalue weighted by molar-refractivity contribution is 6.31. The highest BCUT2D eigenvalue weighted by atomic mass is 35.5. The molecular weight excluding hydrogens is 619 g/mol. The Hall–Kier alpha value is -4.26. The van der Waals surface area contributed by atoms with Crippen molar-refractivity contribution in [3.63, 3.8) is 0 Å². The van der Waals surface area contributed by atoms with E-state index < -0.39 is 12.1 Å². The van der Waals surface area contributed by atoms with E-state index in [1.54, 1.807) is 39.1 Å². The van der Waals surface area contributed by atoms with Crippen molar-refractivity contribution < 1.29 is 14.3 Å². The smallest absolute Gasteiger partial charge is 0.409 e. The van der Waals surface area contributed by atoms with Crippen LogP contribution < -0.4 is 31.7 Å². The fraction of sp³-hybridized carbons (Fsp3) is 0.355. The molecule has 45 heavy (non-hydrogen) atoms. The lowest BCUT2D eigenvalue weighted by molar-refractivity contribution is -0.123. The van der Waals surface area contributed by atoms with E-state index in [0.29, 0.717) is 53.2 Å². The zero-order valence-electron chi connectivity index (χ0n) is 24.7. The predicted molar refractivity (Wildman–Crippen MR) is 173 cm³/mol. The molecule has 4 heterocycles. The Labute approximate surface area is 270 Å². The minimum Gasteiger partial charge on any atom is -0.453 e. The number of fused-ring (bicyclic) bond motifs is 4. The van der Waals surface area contributed by atoms with Gasteiger partial charge < -0.3 is 19.9 Å². The van der Waals surface area contributed by atoms with E-state index in [0.717, 1.165) is 30.5 Å². The number of piperazine rings is 1. The average molecular weight is 654 g/mol. The van der Waals surface area contributed by atoms with Crippen molar-refractivity contribution in [3.8, 4) is 11.3 Å². The van der Waals surface area contributed by atoms with E-state index in [-0.39, 0.29) is 24.1 Å². The van der Waals surface area contributed by atoms with Crippen molar-refractivity contribution >= 4 is 46.6 Å². The highest BCUT2D eigenvalue weighted by Gasteiger charge is 2.35. The van der Waals surface area contributed by atoms with Gasteiger partial charge in [-0.3, -0.25) is 24.6 Å². The van der Waals surface area contributed by atoms with E-state index >= 15 is 0 Å². The third-order valence-corrected chi connectivity index (χ3v) is 8.79. The third-order valence-electron chi connectivity index (χ3n) is 8.36. The van der Waals surface area contributed by atoms with Crippen LogP contribution in [-0.4, -0.2) is 65.8 Å². The summed E-state index contributed by atoms with van der Waals surface area (Å²) < 4.78 is 6.61. The molecule has 2 amide bonds. The molecular formula is C31H34Cl2N8O4. The number of nitrogens with one attached hydrogen (secondary N) is 3. The lowest BCUT2D eigenvalue weighted by Crippen LogP contribution is -2.60. The monoisotopic (exact) mass is 652 g/mol. The number of benzene rings is 2. The Bertz CT molecular complexity index is 1680. The second kappa shape index (κ2) is 13.4. The molecule has 3 aliphatic rings. The van der Waals surface area contributed by atoms with Crippen molar-refractivity contribution in [2.45, 2.75) is 37.8 Å². The number of carbonyl (C=O) groups is 2. The van der Waals surface area contributed by atoms with Gasteiger partial charge in [-0.1, -0.05) is 48.2 Å². The van der Waals surface area contributed by atoms with Gasteiger partial charge in [-0.2, -0.15) is 0 Å². The number of rotatable bonds is 3. The molecule has 0 aliphatic carbocycles. The van der Waals surface area contributed by atoms with Gasteiger partial charge in [0.05, 0.1) is 43.6 Å². The van der Waals surface area contributed by atoms with Crippen LogP contribution in [0.3, 0.4) is 0 Å². The maximum Gasteiger partial charge on any atom is 0.409 e. The van der Waals surface area contributed by atoms with Crippen molar-refractivity contribution in [2.24, 2.45) is 0 Å². The topological polar surface area (TPSA) is 124 Å². The van der Waals surface area contributed by atoms with Crippen molar-refractivity contribution in [2.75, 3.05) is 43.2 Å². The fourth-order valence-electron chi connectivity index (χ4n) is 6.09. The number of ether oxygens (including phenoxy) is 1. The molecule has 2 aromatic carbocycles. The van der Waals surface area contributed by atoms with E-state index in [2.05, 4.69) is 16.3 Å². The minimum absolute atomic E-state index is 0.126. The molecule has 0 saturated carbocycles. The van der Waals surface area contributed by atoms with Crippen LogP contribution in [0.5, 0.6) is 0 Å². The van der Waals surface area contributed by atoms with Crippen LogP contribution in [0.2, 0.25) is 5.02 Å². The summed E-state index contributed by atoms with van der Waals surface area (Å²) in [5.41, 5.74) is 9.22. The fourth-order valence-corrected chi connectivity index (χ4v) is 6.41. The van der Waals surface area contributed by atoms with Crippen LogP contribution in [0, 0.1) is 0 Å². The molecule has 2 atom stereocenters. The lowest BCUT2D eigenvalue weighted by atomic mass is 9.98. The Morgan fingerprint density at radius 2 is 1.89 bits per heavy atom. The lowest BCUT2D eigenvalue weighted by Gasteiger charge is -2.41. The highest BCUT2D eigenvalue weighted by Crippen LogP contribution is 2.34. The van der Waals surface area contributed by atoms with Crippen LogP contribution in [0.25, 0.3) is 11.3 Å². The number of nitrogens with zero attached hydrogens (tertiary/aromatic N) is 5. The summed E-state index contributed by atoms with van der Waals surface area (Å²) in [5.74, 6) is -0.126. The van der Waals surface area contributed by atoms with Crippen molar-refractivity contribution in [3.05, 3.63) is 87.2 Å². The number of anilines is 2. The molecule has 2 bridgehead atoms. The molecule has 3 aromatic rings. The first-order valence-electron chi connectivity index (χ1n) is 14.9. The number of amides is 2. The largest absolute Gasteiger partial charge is 0.453 e. The molecule has 0 unspecified atom stereocenters. The normalized spacial score (nSPS) is 20.6. The van der Waals surface area contributed by atoms with Crippen molar-refractivity contribution in [1.82, 2.24) is 30.7 Å². The van der Waals surface area contributed by atoms with E-state index in [4.69, 9.17) is 32.9 Å². The second-order valence-electron chi connectivity index (χ2n) is 11.1. The van der Waals surface area contributed by atoms with Crippen LogP contribution in [-0.2, 0) is 9.53 Å². The zero-order chi connectivity index (χ0) is 31.5. The van der Waals surface area contributed by atoms with Gasteiger partial charge in [0.1, 0.15) is 11.2 Å². The van der Waals surface area contributed by atoms with Crippen LogP contribution in [0.15, 0.2) is 71.0 Å². The van der Waals surface area contributed by atoms with Gasteiger partial charge in [0.2, 0.25) is 5.91 Å². The first-order valence-corrected chi connectivity index (χ1v) is 15.6. The number of carbonyl (C=O) groups excluding carboxylic acids is 2. The summed E-state index contributed by atoms with van der Waals surface area (Å²) in [4.78, 5) is 47.7. The van der Waals surface area contributed by atoms with Gasteiger partial charge in [0, 0.05) is 42.0 Å². The van der Waals surface area contributed by atoms with Gasteiger partial charge in [-0.25, -0.2) is 9.78 Å². The molecule has 3 N–H and O–H groups in total. The number of methoxy groups -OCH3 is 1. The molecule has 12 nitrogen and oxygen atoms in total. The number of hydrazine groups is 2. The summed E-state index contributed by atoms with van der Waals surface area (Å²) in [6, 6.07) is 14.0. The molecule has 6 rings (SSSR count). The molecule has 1 fully saturated rings. The van der Waals surface area contributed by atoms with Crippen LogP contribution in [0.4, 0.5) is 16.2 Å². The average Bonchev–Trinajstić information content (AvgIpc) is 3.49. The van der Waals surface area contributed by atoms with Gasteiger partial charge in [-0.15, -0.1) is 5.53 Å². The van der Waals surface area contributed by atoms with E-state index in [1.165, 1.54) is 13.2 Å². The summed E-state index contributed by atoms with van der Waals surface area (Å²) in [6.45, 7) is 1.63. The third kappa shape index (κ3) is 6.58. The number of aromatic nitrogens is 2. The predicted octanol–water partition coefficient (Wildman–Crippen LogP) is 3.97. The Morgan fingerprint density at radius 1 is 1.02 bits per heavy atom. The molecule has 0 radical (unpaired) electrons. The molecule has 3 aliphatic heterocycles. The summed E-state index contributed by atoms with van der Waals surface area (Å²) >= 11 is 12.5. The van der Waals surface area contributed by atoms with Crippen LogP contribution >= 0.6 is 23.2 Å². The van der Waals surface area contributed by atoms with Gasteiger partial charge in [0.25, 0.3) is 5.56 Å². The second-order valence-corrected chi connectivity index (χ2v) is 12.0. The van der Waals surface area contributed by atoms with E-state index in [9.17, 15) is 14.4 Å². The van der Waals surface area contributed by atoms with Crippen LogP contribution in [0.1, 0.15) is 37.3 Å². The Balaban J connectivity index is 1.35. The zero-order valence-corrected chi connectivity index (χ0v) is 26.2. The number of halogens is 2. The Morgan fingerprint density at radius 3 is 2.67 bits per heavy atom. The first kappa shape index (κ1) is 30.8. The summed E-state index contributed by atoms with van der Waals surface area (Å²) in [7, 11) is 1.34. The molecule has 1 aromatic heterocycles. The van der Waals surface area contributed by atoms with Crippen molar-refractivity contribution in [1.29, 1.82) is 0 Å². The molecule has 1 saturated heterocycles. The molecule has 14 heteroatoms. The van der Waals surface area contributed by atoms with Gasteiger partial charge in [0.15, 0.2) is 0 Å². The summed E-state index contributed by atoms with van der Waals surface area (Å²) in [6.07, 6.45) is 6.06.